The monoisotopic (exact) mass is 201 g/mol. The van der Waals surface area contributed by atoms with Crippen molar-refractivity contribution in [1.82, 2.24) is 9.55 Å². The molecule has 0 aliphatic rings. The highest BCUT2D eigenvalue weighted by molar-refractivity contribution is 5.13. The zero-order chi connectivity index (χ0) is 10.5. The van der Waals surface area contributed by atoms with Crippen LogP contribution in [-0.4, -0.2) is 16.1 Å². The van der Waals surface area contributed by atoms with Crippen LogP contribution in [0.1, 0.15) is 11.3 Å². The molecule has 78 valence electrons. The predicted molar refractivity (Wildman–Crippen MR) is 60.5 cm³/mol. The normalized spacial score (nSPS) is 10.5. The Morgan fingerprint density at radius 2 is 2.20 bits per heavy atom. The topological polar surface area (TPSA) is 43.8 Å². The van der Waals surface area contributed by atoms with Gasteiger partial charge in [0.1, 0.15) is 0 Å². The molecule has 0 atom stereocenters. The molecule has 2 aromatic heterocycles. The average molecular weight is 201 g/mol. The molecular weight excluding hydrogens is 186 g/mol. The number of aromatic nitrogens is 2. The van der Waals surface area contributed by atoms with Crippen molar-refractivity contribution in [3.05, 3.63) is 54.1 Å². The first-order valence-electron chi connectivity index (χ1n) is 5.13. The van der Waals surface area contributed by atoms with Crippen molar-refractivity contribution in [2.75, 3.05) is 6.54 Å². The third-order valence-electron chi connectivity index (χ3n) is 2.32. The molecule has 0 aliphatic carbocycles. The van der Waals surface area contributed by atoms with E-state index in [-0.39, 0.29) is 0 Å². The van der Waals surface area contributed by atoms with E-state index in [0.29, 0.717) is 6.54 Å². The minimum Gasteiger partial charge on any atom is -0.348 e. The van der Waals surface area contributed by atoms with Crippen LogP contribution in [0.4, 0.5) is 0 Å². The SMILES string of the molecule is NCCc1ccn(Cc2ccccn2)c1. The molecule has 15 heavy (non-hydrogen) atoms. The Morgan fingerprint density at radius 1 is 1.27 bits per heavy atom. The molecule has 3 nitrogen and oxygen atoms in total. The molecule has 0 amide bonds. The van der Waals surface area contributed by atoms with Gasteiger partial charge >= 0.3 is 0 Å². The van der Waals surface area contributed by atoms with Crippen LogP contribution in [0.15, 0.2) is 42.9 Å². The van der Waals surface area contributed by atoms with Gasteiger partial charge < -0.3 is 10.3 Å². The highest BCUT2D eigenvalue weighted by Gasteiger charge is 1.97. The predicted octanol–water partition coefficient (Wildman–Crippen LogP) is 1.43. The summed E-state index contributed by atoms with van der Waals surface area (Å²) in [6.07, 6.45) is 6.95. The van der Waals surface area contributed by atoms with Crippen molar-refractivity contribution >= 4 is 0 Å². The van der Waals surface area contributed by atoms with E-state index in [0.717, 1.165) is 18.7 Å². The van der Waals surface area contributed by atoms with E-state index in [1.807, 2.05) is 24.4 Å². The lowest BCUT2D eigenvalue weighted by Gasteiger charge is -2.01. The van der Waals surface area contributed by atoms with Crippen LogP contribution in [-0.2, 0) is 13.0 Å². The van der Waals surface area contributed by atoms with Gasteiger partial charge in [0.05, 0.1) is 12.2 Å². The Labute approximate surface area is 89.6 Å². The van der Waals surface area contributed by atoms with E-state index in [4.69, 9.17) is 5.73 Å². The van der Waals surface area contributed by atoms with E-state index in [9.17, 15) is 0 Å². The van der Waals surface area contributed by atoms with Crippen LogP contribution in [0, 0.1) is 0 Å². The van der Waals surface area contributed by atoms with E-state index in [2.05, 4.69) is 28.0 Å². The lowest BCUT2D eigenvalue weighted by molar-refractivity contribution is 0.776. The van der Waals surface area contributed by atoms with E-state index < -0.39 is 0 Å². The third-order valence-corrected chi connectivity index (χ3v) is 2.32. The van der Waals surface area contributed by atoms with Gasteiger partial charge in [0.25, 0.3) is 0 Å². The van der Waals surface area contributed by atoms with Crippen molar-refractivity contribution in [3.8, 4) is 0 Å². The van der Waals surface area contributed by atoms with Crippen LogP contribution in [0.25, 0.3) is 0 Å². The zero-order valence-corrected chi connectivity index (χ0v) is 8.63. The smallest absolute Gasteiger partial charge is 0.0642 e. The summed E-state index contributed by atoms with van der Waals surface area (Å²) < 4.78 is 2.13. The summed E-state index contributed by atoms with van der Waals surface area (Å²) >= 11 is 0. The summed E-state index contributed by atoms with van der Waals surface area (Å²) in [5.74, 6) is 0. The standard InChI is InChI=1S/C12H15N3/c13-6-4-11-5-8-15(9-11)10-12-3-1-2-7-14-12/h1-3,5,7-9H,4,6,10,13H2. The van der Waals surface area contributed by atoms with Gasteiger partial charge in [-0.2, -0.15) is 0 Å². The molecule has 0 radical (unpaired) electrons. The van der Waals surface area contributed by atoms with Crippen LogP contribution in [0.3, 0.4) is 0 Å². The van der Waals surface area contributed by atoms with E-state index >= 15 is 0 Å². The fourth-order valence-electron chi connectivity index (χ4n) is 1.58. The summed E-state index contributed by atoms with van der Waals surface area (Å²) in [7, 11) is 0. The maximum Gasteiger partial charge on any atom is 0.0642 e. The largest absolute Gasteiger partial charge is 0.348 e. The number of nitrogens with two attached hydrogens (primary N) is 1. The van der Waals surface area contributed by atoms with Crippen molar-refractivity contribution in [2.45, 2.75) is 13.0 Å². The first-order chi connectivity index (χ1) is 7.38. The van der Waals surface area contributed by atoms with Crippen molar-refractivity contribution in [1.29, 1.82) is 0 Å². The second kappa shape index (κ2) is 4.75. The summed E-state index contributed by atoms with van der Waals surface area (Å²) in [6, 6.07) is 8.07. The van der Waals surface area contributed by atoms with Gasteiger partial charge in [-0.3, -0.25) is 4.98 Å². The summed E-state index contributed by atoms with van der Waals surface area (Å²) in [6.45, 7) is 1.53. The first-order valence-corrected chi connectivity index (χ1v) is 5.13. The minimum atomic E-state index is 0.702. The van der Waals surface area contributed by atoms with Gasteiger partial charge in [-0.15, -0.1) is 0 Å². The quantitative estimate of drug-likeness (QED) is 0.813. The van der Waals surface area contributed by atoms with Gasteiger partial charge in [0.15, 0.2) is 0 Å². The molecule has 0 unspecified atom stereocenters. The molecule has 2 N–H and O–H groups in total. The van der Waals surface area contributed by atoms with Crippen molar-refractivity contribution < 1.29 is 0 Å². The second-order valence-corrected chi connectivity index (χ2v) is 3.55. The number of hydrogen-bond acceptors (Lipinski definition) is 2. The fourth-order valence-corrected chi connectivity index (χ4v) is 1.58. The van der Waals surface area contributed by atoms with Crippen LogP contribution in [0.5, 0.6) is 0 Å². The summed E-state index contributed by atoms with van der Waals surface area (Å²) in [5, 5.41) is 0. The molecule has 2 aromatic rings. The molecule has 0 aromatic carbocycles. The molecule has 0 bridgehead atoms. The van der Waals surface area contributed by atoms with Crippen LogP contribution in [0.2, 0.25) is 0 Å². The maximum absolute atomic E-state index is 5.50. The number of hydrogen-bond donors (Lipinski definition) is 1. The Kier molecular flexibility index (Phi) is 3.15. The lowest BCUT2D eigenvalue weighted by Crippen LogP contribution is -2.02. The Bertz CT molecular complexity index is 406. The molecule has 0 aliphatic heterocycles. The molecule has 2 heterocycles. The molecular formula is C12H15N3. The number of pyridine rings is 1. The molecule has 0 saturated carbocycles. The van der Waals surface area contributed by atoms with Gasteiger partial charge in [-0.25, -0.2) is 0 Å². The van der Waals surface area contributed by atoms with E-state index in [1.54, 1.807) is 0 Å². The van der Waals surface area contributed by atoms with Crippen molar-refractivity contribution in [2.24, 2.45) is 5.73 Å². The van der Waals surface area contributed by atoms with Crippen LogP contribution >= 0.6 is 0 Å². The molecule has 0 saturated heterocycles. The van der Waals surface area contributed by atoms with Gasteiger partial charge in [0.2, 0.25) is 0 Å². The number of rotatable bonds is 4. The Hall–Kier alpha value is -1.61. The number of nitrogens with zero attached hydrogens (tertiary/aromatic N) is 2. The van der Waals surface area contributed by atoms with Gasteiger partial charge in [0, 0.05) is 18.6 Å². The molecule has 0 fully saturated rings. The second-order valence-electron chi connectivity index (χ2n) is 3.55. The Morgan fingerprint density at radius 3 is 2.93 bits per heavy atom. The van der Waals surface area contributed by atoms with Gasteiger partial charge in [-0.05, 0) is 36.7 Å². The summed E-state index contributed by atoms with van der Waals surface area (Å²) in [5.41, 5.74) is 7.86. The third kappa shape index (κ3) is 2.67. The highest BCUT2D eigenvalue weighted by atomic mass is 15.0. The minimum absolute atomic E-state index is 0.702. The maximum atomic E-state index is 5.50. The lowest BCUT2D eigenvalue weighted by atomic mass is 10.2. The molecule has 2 rings (SSSR count). The highest BCUT2D eigenvalue weighted by Crippen LogP contribution is 2.04. The van der Waals surface area contributed by atoms with Gasteiger partial charge in [-0.1, -0.05) is 6.07 Å². The van der Waals surface area contributed by atoms with E-state index in [1.165, 1.54) is 5.56 Å². The Balaban J connectivity index is 2.05. The zero-order valence-electron chi connectivity index (χ0n) is 8.63. The summed E-state index contributed by atoms with van der Waals surface area (Å²) in [4.78, 5) is 4.28. The molecule has 0 spiro atoms. The fraction of sp³-hybridized carbons (Fsp3) is 0.250. The molecule has 3 heteroatoms. The van der Waals surface area contributed by atoms with Crippen molar-refractivity contribution in [3.63, 3.8) is 0 Å². The van der Waals surface area contributed by atoms with Crippen LogP contribution < -0.4 is 5.73 Å². The average Bonchev–Trinajstić information content (AvgIpc) is 2.68. The first kappa shape index (κ1) is 9.93.